The van der Waals surface area contributed by atoms with Gasteiger partial charge in [-0.15, -0.1) is 0 Å². The molecule has 2 nitrogen and oxygen atoms in total. The smallest absolute Gasteiger partial charge is 0.194 e. The molecule has 0 saturated carbocycles. The van der Waals surface area contributed by atoms with Gasteiger partial charge in [-0.1, -0.05) is 6.07 Å². The Bertz CT molecular complexity index is 397. The summed E-state index contributed by atoms with van der Waals surface area (Å²) < 4.78 is 18.5. The molecule has 0 unspecified atom stereocenters. The summed E-state index contributed by atoms with van der Waals surface area (Å²) in [5.41, 5.74) is 0.241. The second-order valence-corrected chi connectivity index (χ2v) is 4.23. The third-order valence-corrected chi connectivity index (χ3v) is 2.50. The Balaban J connectivity index is 3.09. The predicted octanol–water partition coefficient (Wildman–Crippen LogP) is 3.13. The quantitative estimate of drug-likeness (QED) is 0.734. The van der Waals surface area contributed by atoms with Gasteiger partial charge in [-0.05, 0) is 45.4 Å². The molecule has 3 heteroatoms. The number of hydrogen-bond donors (Lipinski definition) is 0. The minimum absolute atomic E-state index is 0.189. The molecule has 0 aliphatic rings. The monoisotopic (exact) mass is 224 g/mol. The van der Waals surface area contributed by atoms with Crippen LogP contribution in [0.4, 0.5) is 4.39 Å². The van der Waals surface area contributed by atoms with E-state index in [0.29, 0.717) is 12.2 Å². The van der Waals surface area contributed by atoms with Gasteiger partial charge >= 0.3 is 0 Å². The molecule has 0 aromatic heterocycles. The van der Waals surface area contributed by atoms with Crippen molar-refractivity contribution in [3.63, 3.8) is 0 Å². The molecule has 1 rings (SSSR count). The fraction of sp³-hybridized carbons (Fsp3) is 0.462. The average Bonchev–Trinajstić information content (AvgIpc) is 2.20. The van der Waals surface area contributed by atoms with Gasteiger partial charge in [-0.3, -0.25) is 4.79 Å². The Labute approximate surface area is 95.4 Å². The summed E-state index contributed by atoms with van der Waals surface area (Å²) in [6.45, 7) is 7.46. The van der Waals surface area contributed by atoms with Crippen LogP contribution in [0.5, 0.6) is 0 Å². The zero-order valence-electron chi connectivity index (χ0n) is 10.1. The highest BCUT2D eigenvalue weighted by molar-refractivity contribution is 6.03. The van der Waals surface area contributed by atoms with Crippen molar-refractivity contribution in [3.05, 3.63) is 35.1 Å². The van der Waals surface area contributed by atoms with Crippen LogP contribution in [0, 0.1) is 12.7 Å². The maximum atomic E-state index is 13.1. The lowest BCUT2D eigenvalue weighted by Crippen LogP contribution is -2.35. The van der Waals surface area contributed by atoms with Crippen LogP contribution in [0.1, 0.15) is 36.7 Å². The molecule has 0 heterocycles. The van der Waals surface area contributed by atoms with Crippen molar-refractivity contribution < 1.29 is 13.9 Å². The number of benzene rings is 1. The lowest BCUT2D eigenvalue weighted by atomic mass is 9.93. The van der Waals surface area contributed by atoms with Gasteiger partial charge in [0.1, 0.15) is 11.4 Å². The van der Waals surface area contributed by atoms with Crippen molar-refractivity contribution in [3.8, 4) is 0 Å². The molecule has 1 aromatic carbocycles. The summed E-state index contributed by atoms with van der Waals surface area (Å²) in [7, 11) is 0. The average molecular weight is 224 g/mol. The van der Waals surface area contributed by atoms with Crippen LogP contribution in [0.3, 0.4) is 0 Å². The van der Waals surface area contributed by atoms with Gasteiger partial charge in [-0.2, -0.15) is 0 Å². The third-order valence-electron chi connectivity index (χ3n) is 2.50. The van der Waals surface area contributed by atoms with Crippen molar-refractivity contribution in [2.24, 2.45) is 0 Å². The molecular weight excluding hydrogens is 207 g/mol. The molecule has 1 aromatic rings. The molecule has 0 radical (unpaired) electrons. The predicted molar refractivity (Wildman–Crippen MR) is 61.2 cm³/mol. The minimum atomic E-state index is -0.909. The standard InChI is InChI=1S/C13H17FO2/c1-5-16-13(3,4)12(15)11-8-10(14)7-6-9(11)2/h6-8H,5H2,1-4H3. The fourth-order valence-electron chi connectivity index (χ4n) is 1.59. The van der Waals surface area contributed by atoms with Gasteiger partial charge in [-0.25, -0.2) is 4.39 Å². The second kappa shape index (κ2) is 4.74. The molecular formula is C13H17FO2. The number of aryl methyl sites for hydroxylation is 1. The van der Waals surface area contributed by atoms with Crippen molar-refractivity contribution in [1.82, 2.24) is 0 Å². The van der Waals surface area contributed by atoms with Crippen LogP contribution in [0.2, 0.25) is 0 Å². The first-order valence-electron chi connectivity index (χ1n) is 5.33. The fourth-order valence-corrected chi connectivity index (χ4v) is 1.59. The van der Waals surface area contributed by atoms with Crippen molar-refractivity contribution in [2.45, 2.75) is 33.3 Å². The Morgan fingerprint density at radius 2 is 2.06 bits per heavy atom. The number of Topliss-reactive ketones (excluding diaryl/α,β-unsaturated/α-hetero) is 1. The van der Waals surface area contributed by atoms with Crippen LogP contribution in [0.15, 0.2) is 18.2 Å². The first-order chi connectivity index (χ1) is 7.38. The van der Waals surface area contributed by atoms with Crippen molar-refractivity contribution in [1.29, 1.82) is 0 Å². The van der Waals surface area contributed by atoms with E-state index in [2.05, 4.69) is 0 Å². The van der Waals surface area contributed by atoms with E-state index in [1.54, 1.807) is 26.8 Å². The lowest BCUT2D eigenvalue weighted by molar-refractivity contribution is 0.00118. The summed E-state index contributed by atoms with van der Waals surface area (Å²) in [5, 5.41) is 0. The first-order valence-corrected chi connectivity index (χ1v) is 5.33. The number of ketones is 1. The van der Waals surface area contributed by atoms with E-state index < -0.39 is 11.4 Å². The molecule has 0 bridgehead atoms. The summed E-state index contributed by atoms with van der Waals surface area (Å²) in [6.07, 6.45) is 0. The SMILES string of the molecule is CCOC(C)(C)C(=O)c1cc(F)ccc1C. The number of carbonyl (C=O) groups is 1. The summed E-state index contributed by atoms with van der Waals surface area (Å²) >= 11 is 0. The molecule has 0 N–H and O–H groups in total. The largest absolute Gasteiger partial charge is 0.368 e. The molecule has 16 heavy (non-hydrogen) atoms. The number of ether oxygens (including phenoxy) is 1. The van der Waals surface area contributed by atoms with E-state index in [-0.39, 0.29) is 5.78 Å². The minimum Gasteiger partial charge on any atom is -0.368 e. The highest BCUT2D eigenvalue weighted by Crippen LogP contribution is 2.20. The van der Waals surface area contributed by atoms with Gasteiger partial charge in [0, 0.05) is 12.2 Å². The van der Waals surface area contributed by atoms with Gasteiger partial charge in [0.05, 0.1) is 0 Å². The zero-order valence-corrected chi connectivity index (χ0v) is 10.1. The number of carbonyl (C=O) groups excluding carboxylic acids is 1. The molecule has 0 aliphatic heterocycles. The third kappa shape index (κ3) is 2.67. The van der Waals surface area contributed by atoms with E-state index in [0.717, 1.165) is 5.56 Å². The molecule has 0 amide bonds. The van der Waals surface area contributed by atoms with Crippen molar-refractivity contribution >= 4 is 5.78 Å². The Kier molecular flexibility index (Phi) is 3.81. The van der Waals surface area contributed by atoms with E-state index >= 15 is 0 Å². The van der Waals surface area contributed by atoms with Gasteiger partial charge < -0.3 is 4.74 Å². The molecule has 0 saturated heterocycles. The molecule has 0 atom stereocenters. The van der Waals surface area contributed by atoms with E-state index in [1.807, 2.05) is 6.92 Å². The van der Waals surface area contributed by atoms with Crippen LogP contribution in [-0.4, -0.2) is 18.0 Å². The Hall–Kier alpha value is -1.22. The normalized spacial score (nSPS) is 11.6. The number of rotatable bonds is 4. The highest BCUT2D eigenvalue weighted by Gasteiger charge is 2.30. The number of hydrogen-bond acceptors (Lipinski definition) is 2. The molecule has 88 valence electrons. The Morgan fingerprint density at radius 1 is 1.44 bits per heavy atom. The first kappa shape index (κ1) is 12.8. The molecule has 0 spiro atoms. The van der Waals surface area contributed by atoms with Gasteiger partial charge in [0.15, 0.2) is 5.78 Å². The van der Waals surface area contributed by atoms with Crippen LogP contribution < -0.4 is 0 Å². The second-order valence-electron chi connectivity index (χ2n) is 4.23. The lowest BCUT2D eigenvalue weighted by Gasteiger charge is -2.23. The number of halogens is 1. The van der Waals surface area contributed by atoms with Gasteiger partial charge in [0.25, 0.3) is 0 Å². The maximum absolute atomic E-state index is 13.1. The van der Waals surface area contributed by atoms with Crippen LogP contribution >= 0.6 is 0 Å². The summed E-state index contributed by atoms with van der Waals surface area (Å²) in [6, 6.07) is 4.21. The maximum Gasteiger partial charge on any atom is 0.194 e. The van der Waals surface area contributed by atoms with E-state index in [1.165, 1.54) is 12.1 Å². The van der Waals surface area contributed by atoms with E-state index in [9.17, 15) is 9.18 Å². The summed E-state index contributed by atoms with van der Waals surface area (Å²) in [4.78, 5) is 12.1. The van der Waals surface area contributed by atoms with Gasteiger partial charge in [0.2, 0.25) is 0 Å². The topological polar surface area (TPSA) is 26.3 Å². The van der Waals surface area contributed by atoms with E-state index in [4.69, 9.17) is 4.74 Å². The van der Waals surface area contributed by atoms with Crippen molar-refractivity contribution in [2.75, 3.05) is 6.61 Å². The summed E-state index contributed by atoms with van der Waals surface area (Å²) in [5.74, 6) is -0.590. The zero-order chi connectivity index (χ0) is 12.3. The molecule has 0 aliphatic carbocycles. The molecule has 0 fully saturated rings. The van der Waals surface area contributed by atoms with Crippen LogP contribution in [-0.2, 0) is 4.74 Å². The highest BCUT2D eigenvalue weighted by atomic mass is 19.1. The Morgan fingerprint density at radius 3 is 2.62 bits per heavy atom. The van der Waals surface area contributed by atoms with Crippen LogP contribution in [0.25, 0.3) is 0 Å².